The molecule has 0 spiro atoms. The van der Waals surface area contributed by atoms with Crippen LogP contribution < -0.4 is 10.7 Å². The number of rotatable bonds is 6. The predicted octanol–water partition coefficient (Wildman–Crippen LogP) is 2.93. The van der Waals surface area contributed by atoms with E-state index in [1.165, 1.54) is 0 Å². The highest BCUT2D eigenvalue weighted by molar-refractivity contribution is 5.96. The van der Waals surface area contributed by atoms with Gasteiger partial charge in [0.25, 0.3) is 11.8 Å². The molecular weight excluding hydrogens is 314 g/mol. The molecule has 0 aliphatic carbocycles. The van der Waals surface area contributed by atoms with Crippen molar-refractivity contribution in [3.63, 3.8) is 0 Å². The lowest BCUT2D eigenvalue weighted by Crippen LogP contribution is -2.34. The monoisotopic (exact) mass is 335 g/mol. The summed E-state index contributed by atoms with van der Waals surface area (Å²) in [7, 11) is 0. The summed E-state index contributed by atoms with van der Waals surface area (Å²) in [6.45, 7) is 3.70. The first-order chi connectivity index (χ1) is 12.0. The van der Waals surface area contributed by atoms with Gasteiger partial charge in [0.15, 0.2) is 0 Å². The average Bonchev–Trinajstić information content (AvgIpc) is 2.61. The molecule has 128 valence electrons. The number of nitrogens with one attached hydrogen (secondary N) is 2. The molecule has 0 atom stereocenters. The van der Waals surface area contributed by atoms with E-state index in [2.05, 4.69) is 15.8 Å². The van der Waals surface area contributed by atoms with Crippen LogP contribution in [0.1, 0.15) is 28.4 Å². The number of nitrogens with zero attached hydrogens (tertiary/aromatic N) is 1. The smallest absolute Gasteiger partial charge is 0.259 e. The van der Waals surface area contributed by atoms with Crippen molar-refractivity contribution >= 4 is 24.1 Å². The zero-order valence-corrected chi connectivity index (χ0v) is 14.3. The van der Waals surface area contributed by atoms with Crippen LogP contribution in [-0.4, -0.2) is 24.6 Å². The molecule has 2 amide bonds. The van der Waals surface area contributed by atoms with Gasteiger partial charge in [0.05, 0.1) is 12.8 Å². The van der Waals surface area contributed by atoms with Gasteiger partial charge in [-0.3, -0.25) is 9.59 Å². The summed E-state index contributed by atoms with van der Waals surface area (Å²) in [6.07, 6.45) is 3.52. The lowest BCUT2D eigenvalue weighted by molar-refractivity contribution is -0.120. The first-order valence-electron chi connectivity index (χ1n) is 7.95. The molecule has 0 fully saturated rings. The third kappa shape index (κ3) is 6.43. The SMILES string of the molecule is CC(=C/c1ccccc1)/C=N/NC(=O)CNC(=O)c1ccc(C)cc1. The summed E-state index contributed by atoms with van der Waals surface area (Å²) in [6, 6.07) is 17.0. The maximum absolute atomic E-state index is 11.9. The van der Waals surface area contributed by atoms with Crippen molar-refractivity contribution < 1.29 is 9.59 Å². The van der Waals surface area contributed by atoms with Gasteiger partial charge in [-0.05, 0) is 37.1 Å². The van der Waals surface area contributed by atoms with Gasteiger partial charge >= 0.3 is 0 Å². The molecule has 2 aromatic rings. The molecule has 0 unspecified atom stereocenters. The minimum absolute atomic E-state index is 0.133. The van der Waals surface area contributed by atoms with Crippen LogP contribution in [0.4, 0.5) is 0 Å². The number of carbonyl (C=O) groups excluding carboxylic acids is 2. The largest absolute Gasteiger partial charge is 0.343 e. The minimum Gasteiger partial charge on any atom is -0.343 e. The molecule has 5 heteroatoms. The van der Waals surface area contributed by atoms with Crippen LogP contribution in [0, 0.1) is 6.92 Å². The molecule has 2 rings (SSSR count). The molecule has 0 aromatic heterocycles. The van der Waals surface area contributed by atoms with Crippen molar-refractivity contribution in [1.29, 1.82) is 0 Å². The topological polar surface area (TPSA) is 70.6 Å². The summed E-state index contributed by atoms with van der Waals surface area (Å²) in [4.78, 5) is 23.6. The molecule has 0 aliphatic heterocycles. The van der Waals surface area contributed by atoms with Crippen LogP contribution in [0.3, 0.4) is 0 Å². The standard InChI is InChI=1S/C20H21N3O2/c1-15-8-10-18(11-9-15)20(25)21-14-19(24)23-22-13-16(2)12-17-6-4-3-5-7-17/h3-13H,14H2,1-2H3,(H,21,25)(H,23,24)/b16-12-,22-13+. The summed E-state index contributed by atoms with van der Waals surface area (Å²) in [5.41, 5.74) is 5.94. The molecule has 0 saturated heterocycles. The number of aryl methyl sites for hydroxylation is 1. The van der Waals surface area contributed by atoms with Crippen molar-refractivity contribution in [1.82, 2.24) is 10.7 Å². The molecule has 25 heavy (non-hydrogen) atoms. The van der Waals surface area contributed by atoms with Gasteiger partial charge in [-0.15, -0.1) is 0 Å². The lowest BCUT2D eigenvalue weighted by Gasteiger charge is -2.04. The normalized spacial score (nSPS) is 11.4. The van der Waals surface area contributed by atoms with Crippen molar-refractivity contribution in [3.05, 3.63) is 76.9 Å². The van der Waals surface area contributed by atoms with Gasteiger partial charge in [0.2, 0.25) is 0 Å². The number of hydrogen-bond donors (Lipinski definition) is 2. The summed E-state index contributed by atoms with van der Waals surface area (Å²) in [5.74, 6) is -0.677. The van der Waals surface area contributed by atoms with E-state index in [1.807, 2.05) is 62.4 Å². The highest BCUT2D eigenvalue weighted by Gasteiger charge is 2.06. The Morgan fingerprint density at radius 1 is 1.04 bits per heavy atom. The second-order valence-corrected chi connectivity index (χ2v) is 5.64. The Morgan fingerprint density at radius 2 is 1.72 bits per heavy atom. The van der Waals surface area contributed by atoms with Crippen molar-refractivity contribution in [2.75, 3.05) is 6.54 Å². The quantitative estimate of drug-likeness (QED) is 0.629. The maximum Gasteiger partial charge on any atom is 0.259 e. The summed E-state index contributed by atoms with van der Waals surface area (Å²) >= 11 is 0. The van der Waals surface area contributed by atoms with Crippen LogP contribution >= 0.6 is 0 Å². The lowest BCUT2D eigenvalue weighted by atomic mass is 10.1. The van der Waals surface area contributed by atoms with Crippen LogP contribution in [0.15, 0.2) is 65.3 Å². The van der Waals surface area contributed by atoms with Gasteiger partial charge in [-0.2, -0.15) is 5.10 Å². The average molecular weight is 335 g/mol. The molecule has 2 aromatic carbocycles. The Kier molecular flexibility index (Phi) is 6.65. The van der Waals surface area contributed by atoms with Gasteiger partial charge in [0, 0.05) is 5.56 Å². The highest BCUT2D eigenvalue weighted by atomic mass is 16.2. The third-order valence-electron chi connectivity index (χ3n) is 3.37. The van der Waals surface area contributed by atoms with E-state index in [4.69, 9.17) is 0 Å². The fourth-order valence-corrected chi connectivity index (χ4v) is 2.06. The van der Waals surface area contributed by atoms with E-state index in [0.717, 1.165) is 16.7 Å². The Balaban J connectivity index is 1.77. The summed E-state index contributed by atoms with van der Waals surface area (Å²) in [5, 5.41) is 6.44. The zero-order chi connectivity index (χ0) is 18.1. The third-order valence-corrected chi connectivity index (χ3v) is 3.37. The van der Waals surface area contributed by atoms with Crippen LogP contribution in [0.25, 0.3) is 6.08 Å². The minimum atomic E-state index is -0.385. The first-order valence-corrected chi connectivity index (χ1v) is 7.95. The maximum atomic E-state index is 11.9. The zero-order valence-electron chi connectivity index (χ0n) is 14.3. The van der Waals surface area contributed by atoms with Crippen LogP contribution in [-0.2, 0) is 4.79 Å². The van der Waals surface area contributed by atoms with Gasteiger partial charge in [-0.25, -0.2) is 5.43 Å². The number of amides is 2. The second-order valence-electron chi connectivity index (χ2n) is 5.64. The molecule has 0 heterocycles. The molecule has 0 saturated carbocycles. The molecule has 5 nitrogen and oxygen atoms in total. The molecule has 0 aliphatic rings. The van der Waals surface area contributed by atoms with E-state index in [1.54, 1.807) is 18.3 Å². The Morgan fingerprint density at radius 3 is 2.40 bits per heavy atom. The second kappa shape index (κ2) is 9.17. The van der Waals surface area contributed by atoms with E-state index in [-0.39, 0.29) is 18.4 Å². The fourth-order valence-electron chi connectivity index (χ4n) is 2.06. The van der Waals surface area contributed by atoms with Crippen molar-refractivity contribution in [2.45, 2.75) is 13.8 Å². The summed E-state index contributed by atoms with van der Waals surface area (Å²) < 4.78 is 0. The van der Waals surface area contributed by atoms with Gasteiger partial charge < -0.3 is 5.32 Å². The molecule has 0 bridgehead atoms. The Labute approximate surface area is 147 Å². The van der Waals surface area contributed by atoms with E-state index >= 15 is 0 Å². The fraction of sp³-hybridized carbons (Fsp3) is 0.150. The van der Waals surface area contributed by atoms with Crippen molar-refractivity contribution in [2.24, 2.45) is 5.10 Å². The van der Waals surface area contributed by atoms with Crippen molar-refractivity contribution in [3.8, 4) is 0 Å². The molecular formula is C20H21N3O2. The van der Waals surface area contributed by atoms with E-state index in [9.17, 15) is 9.59 Å². The number of hydrogen-bond acceptors (Lipinski definition) is 3. The first kappa shape index (κ1) is 18.1. The van der Waals surface area contributed by atoms with E-state index < -0.39 is 0 Å². The molecule has 0 radical (unpaired) electrons. The highest BCUT2D eigenvalue weighted by Crippen LogP contribution is 2.04. The number of allylic oxidation sites excluding steroid dienone is 1. The molecule has 2 N–H and O–H groups in total. The van der Waals surface area contributed by atoms with E-state index in [0.29, 0.717) is 5.56 Å². The van der Waals surface area contributed by atoms with Crippen LogP contribution in [0.2, 0.25) is 0 Å². The number of benzene rings is 2. The van der Waals surface area contributed by atoms with Gasteiger partial charge in [-0.1, -0.05) is 54.1 Å². The number of carbonyl (C=O) groups is 2. The Bertz CT molecular complexity index is 778. The predicted molar refractivity (Wildman–Crippen MR) is 100 cm³/mol. The number of hydrazone groups is 1. The van der Waals surface area contributed by atoms with Crippen LogP contribution in [0.5, 0.6) is 0 Å². The Hall–Kier alpha value is -3.21. The van der Waals surface area contributed by atoms with Gasteiger partial charge in [0.1, 0.15) is 0 Å².